The van der Waals surface area contributed by atoms with E-state index in [4.69, 9.17) is 21.1 Å². The quantitative estimate of drug-likeness (QED) is 0.306. The molecule has 6 atom stereocenters. The third-order valence-corrected chi connectivity index (χ3v) is 13.5. The van der Waals surface area contributed by atoms with E-state index in [1.165, 1.54) is 5.57 Å². The van der Waals surface area contributed by atoms with Crippen LogP contribution in [-0.2, 0) is 41.4 Å². The van der Waals surface area contributed by atoms with Crippen molar-refractivity contribution in [1.82, 2.24) is 14.3 Å². The Morgan fingerprint density at radius 1 is 1.16 bits per heavy atom. The summed E-state index contributed by atoms with van der Waals surface area (Å²) in [6.45, 7) is 5.36. The summed E-state index contributed by atoms with van der Waals surface area (Å²) in [5.41, 5.74) is 3.49. The maximum Gasteiger partial charge on any atom is 0.264 e. The van der Waals surface area contributed by atoms with Crippen molar-refractivity contribution in [3.05, 3.63) is 87.7 Å². The predicted octanol–water partition coefficient (Wildman–Crippen LogP) is 6.59. The Balaban J connectivity index is 1.32. The second-order valence-corrected chi connectivity index (χ2v) is 16.6. The van der Waals surface area contributed by atoms with Crippen LogP contribution in [0, 0.1) is 29.5 Å². The zero-order valence-corrected chi connectivity index (χ0v) is 29.8. The van der Waals surface area contributed by atoms with Crippen LogP contribution in [0.4, 0.5) is 10.1 Å². The number of rotatable bonds is 3. The molecule has 1 saturated carbocycles. The van der Waals surface area contributed by atoms with Crippen LogP contribution in [0.5, 0.6) is 5.75 Å². The number of aromatic nitrogens is 2. The van der Waals surface area contributed by atoms with Crippen LogP contribution in [-0.4, -0.2) is 48.4 Å². The summed E-state index contributed by atoms with van der Waals surface area (Å²) < 4.78 is 60.0. The van der Waals surface area contributed by atoms with E-state index in [2.05, 4.69) is 20.7 Å². The molecule has 1 fully saturated rings. The number of carbonyl (C=O) groups is 1. The van der Waals surface area contributed by atoms with Crippen molar-refractivity contribution in [1.29, 1.82) is 0 Å². The lowest BCUT2D eigenvalue weighted by Crippen LogP contribution is -2.47. The molecule has 12 heteroatoms. The van der Waals surface area contributed by atoms with Gasteiger partial charge in [0.15, 0.2) is 0 Å². The molecule has 9 nitrogen and oxygen atoms in total. The number of anilines is 1. The van der Waals surface area contributed by atoms with Gasteiger partial charge in [-0.2, -0.15) is 0 Å². The number of carbonyl (C=O) groups excluding carboxylic acids is 1. The lowest BCUT2D eigenvalue weighted by Gasteiger charge is -2.47. The molecule has 2 aromatic carbocycles. The number of hydrogen-bond donors (Lipinski definition) is 1. The smallest absolute Gasteiger partial charge is 0.264 e. The Morgan fingerprint density at radius 3 is 2.71 bits per heavy atom. The minimum absolute atomic E-state index is 0.0506. The van der Waals surface area contributed by atoms with Crippen LogP contribution in [0.2, 0.25) is 5.02 Å². The number of sulfonamides is 1. The van der Waals surface area contributed by atoms with E-state index in [0.717, 1.165) is 37.1 Å². The first-order chi connectivity index (χ1) is 23.5. The van der Waals surface area contributed by atoms with Crippen molar-refractivity contribution in [3.63, 3.8) is 0 Å². The Morgan fingerprint density at radius 2 is 1.98 bits per heavy atom. The van der Waals surface area contributed by atoms with Crippen molar-refractivity contribution in [2.45, 2.75) is 76.9 Å². The van der Waals surface area contributed by atoms with Crippen LogP contribution < -0.4 is 14.4 Å². The van der Waals surface area contributed by atoms with Gasteiger partial charge in [-0.05, 0) is 110 Å². The van der Waals surface area contributed by atoms with E-state index < -0.39 is 27.0 Å². The topological polar surface area (TPSA) is 103 Å². The molecule has 1 amide bonds. The number of halogens is 2. The van der Waals surface area contributed by atoms with Gasteiger partial charge in [0.2, 0.25) is 10.0 Å². The first kappa shape index (κ1) is 34.1. The molecule has 0 unspecified atom stereocenters. The molecule has 0 radical (unpaired) electrons. The standard InChI is InChI=1S/C37H44ClFN4O5S/c1-22-23(2)49(45,46)41-37(44)24-9-12-33-32(18-24)43(19-25-8-11-31(38)35(39)29(25)6-4-5-15-47-33)20-26-7-10-30(26)36(28-16-27(22)17-28)48-21-34-40-13-14-42(34)3/h8-9,11-14,16,18,22-23,26-27,30,36H,4-7,10,15,17,19-21H2,1-3H3,(H,41,44)/t22-,23-,26+,27+,30-,36+/m1/s1. The van der Waals surface area contributed by atoms with Gasteiger partial charge in [0.05, 0.1) is 28.7 Å². The molecule has 3 aliphatic heterocycles. The number of amides is 1. The highest BCUT2D eigenvalue weighted by Gasteiger charge is 2.45. The van der Waals surface area contributed by atoms with E-state index in [1.54, 1.807) is 37.4 Å². The number of fused-ring (bicyclic) bond motifs is 5. The van der Waals surface area contributed by atoms with Crippen molar-refractivity contribution in [2.75, 3.05) is 18.1 Å². The molecule has 1 N–H and O–H groups in total. The second kappa shape index (κ2) is 13.7. The van der Waals surface area contributed by atoms with Crippen LogP contribution in [0.1, 0.15) is 73.3 Å². The fourth-order valence-electron chi connectivity index (χ4n) is 7.80. The van der Waals surface area contributed by atoms with Gasteiger partial charge in [0.1, 0.15) is 24.0 Å². The summed E-state index contributed by atoms with van der Waals surface area (Å²) in [6.07, 6.45) is 10.4. The van der Waals surface area contributed by atoms with Crippen LogP contribution in [0.25, 0.3) is 0 Å². The van der Waals surface area contributed by atoms with Crippen molar-refractivity contribution < 1.29 is 27.1 Å². The number of aryl methyl sites for hydroxylation is 1. The fourth-order valence-corrected chi connectivity index (χ4v) is 9.31. The number of imidazole rings is 1. The lowest BCUT2D eigenvalue weighted by atomic mass is 9.64. The summed E-state index contributed by atoms with van der Waals surface area (Å²) in [7, 11) is -2.04. The molecule has 5 aliphatic rings. The summed E-state index contributed by atoms with van der Waals surface area (Å²) in [4.78, 5) is 20.2. The molecular weight excluding hydrogens is 667 g/mol. The molecule has 0 spiro atoms. The molecule has 1 aromatic heterocycles. The highest BCUT2D eigenvalue weighted by Crippen LogP contribution is 2.48. The zero-order valence-electron chi connectivity index (χ0n) is 28.2. The van der Waals surface area contributed by atoms with E-state index in [-0.39, 0.29) is 40.4 Å². The largest absolute Gasteiger partial charge is 0.491 e. The summed E-state index contributed by atoms with van der Waals surface area (Å²) >= 11 is 6.27. The summed E-state index contributed by atoms with van der Waals surface area (Å²) in [5, 5.41) is -0.699. The Hall–Kier alpha value is -3.41. The Kier molecular flexibility index (Phi) is 9.53. The highest BCUT2D eigenvalue weighted by molar-refractivity contribution is 7.90. The van der Waals surface area contributed by atoms with E-state index >= 15 is 4.39 Å². The molecule has 8 rings (SSSR count). The minimum Gasteiger partial charge on any atom is -0.491 e. The number of hydrogen-bond acceptors (Lipinski definition) is 7. The Labute approximate surface area is 292 Å². The summed E-state index contributed by atoms with van der Waals surface area (Å²) in [5.74, 6) is 0.658. The van der Waals surface area contributed by atoms with Crippen LogP contribution in [0.3, 0.4) is 0 Å². The second-order valence-electron chi connectivity index (χ2n) is 14.2. The van der Waals surface area contributed by atoms with Crippen LogP contribution in [0.15, 0.2) is 54.4 Å². The molecule has 4 bridgehead atoms. The third-order valence-electron chi connectivity index (χ3n) is 11.3. The molecule has 3 aromatic rings. The van der Waals surface area contributed by atoms with Crippen molar-refractivity contribution >= 4 is 33.2 Å². The van der Waals surface area contributed by atoms with E-state index in [1.807, 2.05) is 30.8 Å². The first-order valence-electron chi connectivity index (χ1n) is 17.3. The Bertz CT molecular complexity index is 1880. The maximum absolute atomic E-state index is 15.5. The van der Waals surface area contributed by atoms with Gasteiger partial charge in [0, 0.05) is 38.1 Å². The monoisotopic (exact) mass is 710 g/mol. The fraction of sp³-hybridized carbons (Fsp3) is 0.514. The average Bonchev–Trinajstić information content (AvgIpc) is 3.44. The van der Waals surface area contributed by atoms with Gasteiger partial charge in [-0.1, -0.05) is 30.7 Å². The molecule has 4 heterocycles. The summed E-state index contributed by atoms with van der Waals surface area (Å²) in [6, 6.07) is 8.57. The average molecular weight is 711 g/mol. The van der Waals surface area contributed by atoms with Gasteiger partial charge in [-0.15, -0.1) is 0 Å². The SMILES string of the molecule is C[C@@H]1[C@@H](C)S(=O)(=O)NC(=O)c2ccc3c(c2)N(Cc2ccc(Cl)c(F)c2CCCCO3)C[C@@H]2CC[C@H]2[C@@H](OCc2nccn2C)C2=C[C@H]1C2. The number of benzene rings is 2. The molecule has 49 heavy (non-hydrogen) atoms. The van der Waals surface area contributed by atoms with Gasteiger partial charge in [-0.3, -0.25) is 4.79 Å². The van der Waals surface area contributed by atoms with Gasteiger partial charge >= 0.3 is 0 Å². The number of nitrogens with one attached hydrogen (secondary N) is 1. The van der Waals surface area contributed by atoms with Crippen molar-refractivity contribution in [2.24, 2.45) is 30.7 Å². The normalized spacial score (nSPS) is 28.3. The highest BCUT2D eigenvalue weighted by atomic mass is 35.5. The van der Waals surface area contributed by atoms with Crippen LogP contribution >= 0.6 is 11.6 Å². The first-order valence-corrected chi connectivity index (χ1v) is 19.2. The molecule has 2 aliphatic carbocycles. The zero-order chi connectivity index (χ0) is 34.4. The molecule has 262 valence electrons. The number of ether oxygens (including phenoxy) is 2. The number of nitrogens with zero attached hydrogens (tertiary/aromatic N) is 3. The van der Waals surface area contributed by atoms with Crippen molar-refractivity contribution in [3.8, 4) is 5.75 Å². The van der Waals surface area contributed by atoms with Gasteiger partial charge in [0.25, 0.3) is 5.91 Å². The number of allylic oxidation sites excluding steroid dienone is 1. The lowest BCUT2D eigenvalue weighted by molar-refractivity contribution is -0.0375. The minimum atomic E-state index is -3.99. The third kappa shape index (κ3) is 6.73. The maximum atomic E-state index is 15.5. The van der Waals surface area contributed by atoms with E-state index in [9.17, 15) is 13.2 Å². The molecular formula is C37H44ClFN4O5S. The van der Waals surface area contributed by atoms with E-state index in [0.29, 0.717) is 56.1 Å². The van der Waals surface area contributed by atoms with Gasteiger partial charge in [-0.25, -0.2) is 22.5 Å². The van der Waals surface area contributed by atoms with Gasteiger partial charge < -0.3 is 18.9 Å². The predicted molar refractivity (Wildman–Crippen MR) is 187 cm³/mol. The molecule has 0 saturated heterocycles.